The summed E-state index contributed by atoms with van der Waals surface area (Å²) in [5.74, 6) is 0.311. The van der Waals surface area contributed by atoms with Gasteiger partial charge in [-0.1, -0.05) is 41.4 Å². The molecule has 0 aliphatic carbocycles. The molecule has 0 aliphatic rings. The highest BCUT2D eigenvalue weighted by Crippen LogP contribution is 2.25. The monoisotopic (exact) mass is 474 g/mol. The van der Waals surface area contributed by atoms with Gasteiger partial charge in [0.1, 0.15) is 0 Å². The first-order valence-electron chi connectivity index (χ1n) is 7.00. The molecule has 0 saturated heterocycles. The predicted molar refractivity (Wildman–Crippen MR) is 110 cm³/mol. The highest BCUT2D eigenvalue weighted by Gasteiger charge is 2.10. The first-order valence-corrected chi connectivity index (χ1v) is 7.75. The molecule has 0 saturated carbocycles. The third-order valence-electron chi connectivity index (χ3n) is 3.28. The molecule has 2 rings (SSSR count). The molecular formula is C17H17Cl2IN4. The number of benzene rings is 2. The Kier molecular flexibility index (Phi) is 8.32. The van der Waals surface area contributed by atoms with Crippen molar-refractivity contribution in [2.45, 2.75) is 19.5 Å². The Hall–Kier alpha value is -1.49. The third-order valence-corrected chi connectivity index (χ3v) is 3.84. The number of nitrogens with two attached hydrogens (primary N) is 1. The van der Waals surface area contributed by atoms with E-state index in [1.54, 1.807) is 24.3 Å². The van der Waals surface area contributed by atoms with Crippen molar-refractivity contribution in [1.82, 2.24) is 5.32 Å². The number of halogens is 3. The quantitative estimate of drug-likeness (QED) is 0.384. The molecule has 0 spiro atoms. The molecule has 0 heterocycles. The molecule has 2 aromatic rings. The van der Waals surface area contributed by atoms with Crippen LogP contribution in [0.15, 0.2) is 47.5 Å². The maximum Gasteiger partial charge on any atom is 0.189 e. The second kappa shape index (κ2) is 9.72. The number of nitriles is 1. The van der Waals surface area contributed by atoms with E-state index in [1.165, 1.54) is 0 Å². The van der Waals surface area contributed by atoms with E-state index in [2.05, 4.69) is 16.4 Å². The van der Waals surface area contributed by atoms with Crippen molar-refractivity contribution in [3.05, 3.63) is 69.2 Å². The van der Waals surface area contributed by atoms with Crippen LogP contribution < -0.4 is 11.1 Å². The van der Waals surface area contributed by atoms with E-state index in [4.69, 9.17) is 34.2 Å². The maximum atomic E-state index is 8.89. The number of guanidine groups is 1. The number of nitrogens with one attached hydrogen (secondary N) is 1. The minimum atomic E-state index is -0.103. The molecule has 3 N–H and O–H groups in total. The number of hydrogen-bond donors (Lipinski definition) is 2. The topological polar surface area (TPSA) is 74.2 Å². The van der Waals surface area contributed by atoms with Crippen LogP contribution in [0.2, 0.25) is 10.0 Å². The lowest BCUT2D eigenvalue weighted by atomic mass is 10.1. The van der Waals surface area contributed by atoms with Crippen LogP contribution in [0, 0.1) is 11.3 Å². The minimum absolute atomic E-state index is 0. The standard InChI is InChI=1S/C17H16Cl2N4.HI/c1-11(15-6-5-14(18)8-16(15)19)23-17(21)22-10-13-4-2-3-12(7-13)9-20;/h2-8,11H,10H2,1H3,(H3,21,22,23);1H. The zero-order valence-electron chi connectivity index (χ0n) is 13.0. The molecule has 4 nitrogen and oxygen atoms in total. The zero-order valence-corrected chi connectivity index (χ0v) is 16.8. The molecule has 0 radical (unpaired) electrons. The van der Waals surface area contributed by atoms with Gasteiger partial charge in [-0.15, -0.1) is 24.0 Å². The lowest BCUT2D eigenvalue weighted by Crippen LogP contribution is -2.34. The molecule has 0 aliphatic heterocycles. The Balaban J connectivity index is 0.00000288. The van der Waals surface area contributed by atoms with Crippen molar-refractivity contribution >= 4 is 53.1 Å². The fourth-order valence-electron chi connectivity index (χ4n) is 2.11. The van der Waals surface area contributed by atoms with Crippen molar-refractivity contribution in [1.29, 1.82) is 5.26 Å². The summed E-state index contributed by atoms with van der Waals surface area (Å²) in [6, 6.07) is 14.6. The maximum absolute atomic E-state index is 8.89. The van der Waals surface area contributed by atoms with E-state index in [9.17, 15) is 0 Å². The van der Waals surface area contributed by atoms with Crippen LogP contribution in [0.1, 0.15) is 29.7 Å². The summed E-state index contributed by atoms with van der Waals surface area (Å²) in [6.07, 6.45) is 0. The molecule has 1 unspecified atom stereocenters. The average molecular weight is 475 g/mol. The van der Waals surface area contributed by atoms with Crippen LogP contribution in [-0.4, -0.2) is 5.96 Å². The summed E-state index contributed by atoms with van der Waals surface area (Å²) >= 11 is 12.1. The molecule has 0 bridgehead atoms. The van der Waals surface area contributed by atoms with Crippen LogP contribution in [-0.2, 0) is 6.54 Å². The summed E-state index contributed by atoms with van der Waals surface area (Å²) in [5.41, 5.74) is 8.33. The van der Waals surface area contributed by atoms with Gasteiger partial charge in [0.2, 0.25) is 0 Å². The van der Waals surface area contributed by atoms with Crippen molar-refractivity contribution in [2.24, 2.45) is 10.7 Å². The summed E-state index contributed by atoms with van der Waals surface area (Å²) in [5, 5.41) is 13.1. The Morgan fingerprint density at radius 1 is 1.29 bits per heavy atom. The van der Waals surface area contributed by atoms with Gasteiger partial charge in [-0.3, -0.25) is 0 Å². The fraction of sp³-hybridized carbons (Fsp3) is 0.176. The van der Waals surface area contributed by atoms with Crippen LogP contribution >= 0.6 is 47.2 Å². The number of nitrogens with zero attached hydrogens (tertiary/aromatic N) is 2. The van der Waals surface area contributed by atoms with Crippen LogP contribution in [0.5, 0.6) is 0 Å². The number of aliphatic imine (C=N–C) groups is 1. The van der Waals surface area contributed by atoms with Crippen LogP contribution in [0.25, 0.3) is 0 Å². The summed E-state index contributed by atoms with van der Waals surface area (Å²) in [4.78, 5) is 4.29. The Morgan fingerprint density at radius 3 is 2.71 bits per heavy atom. The largest absolute Gasteiger partial charge is 0.370 e. The molecular weight excluding hydrogens is 458 g/mol. The Labute approximate surface area is 168 Å². The van der Waals surface area contributed by atoms with Crippen LogP contribution in [0.4, 0.5) is 0 Å². The van der Waals surface area contributed by atoms with E-state index in [1.807, 2.05) is 25.1 Å². The summed E-state index contributed by atoms with van der Waals surface area (Å²) in [7, 11) is 0. The van der Waals surface area contributed by atoms with Gasteiger partial charge in [0.05, 0.1) is 24.2 Å². The third kappa shape index (κ3) is 5.86. The van der Waals surface area contributed by atoms with Gasteiger partial charge in [-0.05, 0) is 42.3 Å². The predicted octanol–water partition coefficient (Wildman–Crippen LogP) is 4.65. The molecule has 1 atom stereocenters. The van der Waals surface area contributed by atoms with E-state index >= 15 is 0 Å². The van der Waals surface area contributed by atoms with Crippen LogP contribution in [0.3, 0.4) is 0 Å². The molecule has 0 aromatic heterocycles. The molecule has 126 valence electrons. The zero-order chi connectivity index (χ0) is 16.8. The van der Waals surface area contributed by atoms with Gasteiger partial charge in [0.25, 0.3) is 0 Å². The molecule has 0 fully saturated rings. The Bertz CT molecular complexity index is 771. The summed E-state index contributed by atoms with van der Waals surface area (Å²) in [6.45, 7) is 2.34. The van der Waals surface area contributed by atoms with Crippen molar-refractivity contribution in [3.8, 4) is 6.07 Å². The minimum Gasteiger partial charge on any atom is -0.370 e. The second-order valence-electron chi connectivity index (χ2n) is 5.05. The van der Waals surface area contributed by atoms with E-state index in [-0.39, 0.29) is 30.0 Å². The highest BCUT2D eigenvalue weighted by atomic mass is 127. The van der Waals surface area contributed by atoms with Gasteiger partial charge >= 0.3 is 0 Å². The number of hydrogen-bond acceptors (Lipinski definition) is 2. The SMILES string of the molecule is CC(NC(N)=NCc1cccc(C#N)c1)c1ccc(Cl)cc1Cl.I. The molecule has 0 amide bonds. The smallest absolute Gasteiger partial charge is 0.189 e. The first-order chi connectivity index (χ1) is 11.0. The van der Waals surface area contributed by atoms with Gasteiger partial charge in [-0.25, -0.2) is 4.99 Å². The normalized spacial score (nSPS) is 12.0. The molecule has 7 heteroatoms. The second-order valence-corrected chi connectivity index (χ2v) is 5.89. The van der Waals surface area contributed by atoms with E-state index < -0.39 is 0 Å². The molecule has 24 heavy (non-hydrogen) atoms. The van der Waals surface area contributed by atoms with Gasteiger partial charge in [0, 0.05) is 10.0 Å². The molecule has 2 aromatic carbocycles. The van der Waals surface area contributed by atoms with Gasteiger partial charge < -0.3 is 11.1 Å². The average Bonchev–Trinajstić information content (AvgIpc) is 2.53. The van der Waals surface area contributed by atoms with Crippen molar-refractivity contribution in [3.63, 3.8) is 0 Å². The lowest BCUT2D eigenvalue weighted by molar-refractivity contribution is 0.708. The number of rotatable bonds is 4. The van der Waals surface area contributed by atoms with E-state index in [0.717, 1.165) is 11.1 Å². The first kappa shape index (κ1) is 20.6. The van der Waals surface area contributed by atoms with Gasteiger partial charge in [-0.2, -0.15) is 5.26 Å². The highest BCUT2D eigenvalue weighted by molar-refractivity contribution is 14.0. The summed E-state index contributed by atoms with van der Waals surface area (Å²) < 4.78 is 0. The van der Waals surface area contributed by atoms with Gasteiger partial charge in [0.15, 0.2) is 5.96 Å². The van der Waals surface area contributed by atoms with E-state index in [0.29, 0.717) is 28.1 Å². The lowest BCUT2D eigenvalue weighted by Gasteiger charge is -2.16. The van der Waals surface area contributed by atoms with Crippen molar-refractivity contribution in [2.75, 3.05) is 0 Å². The fourth-order valence-corrected chi connectivity index (χ4v) is 2.69. The Morgan fingerprint density at radius 2 is 2.04 bits per heavy atom. The van der Waals surface area contributed by atoms with Crippen molar-refractivity contribution < 1.29 is 0 Å².